The van der Waals surface area contributed by atoms with Gasteiger partial charge in [0.2, 0.25) is 5.75 Å². The van der Waals surface area contributed by atoms with Gasteiger partial charge in [-0.1, -0.05) is 43.2 Å². The van der Waals surface area contributed by atoms with Crippen LogP contribution < -0.4 is 19.5 Å². The lowest BCUT2D eigenvalue weighted by Gasteiger charge is -2.26. The number of nitrogens with zero attached hydrogens (tertiary/aromatic N) is 1. The highest BCUT2D eigenvalue weighted by Crippen LogP contribution is 2.46. The van der Waals surface area contributed by atoms with Crippen molar-refractivity contribution in [1.82, 2.24) is 0 Å². The molecular weight excluding hydrogens is 388 g/mol. The first-order chi connectivity index (χ1) is 15.2. The van der Waals surface area contributed by atoms with Crippen molar-refractivity contribution in [2.24, 2.45) is 5.92 Å². The molecule has 1 aliphatic heterocycles. The molecule has 4 rings (SSSR count). The van der Waals surface area contributed by atoms with E-state index < -0.39 is 0 Å². The number of para-hydroxylation sites is 1. The Morgan fingerprint density at radius 2 is 2.03 bits per heavy atom. The fraction of sp³-hybridized carbons (Fsp3) is 0.346. The van der Waals surface area contributed by atoms with Crippen molar-refractivity contribution in [2.75, 3.05) is 26.1 Å². The molecule has 1 fully saturated rings. The summed E-state index contributed by atoms with van der Waals surface area (Å²) in [6.45, 7) is 0.582. The lowest BCUT2D eigenvalue weighted by Crippen LogP contribution is -2.19. The van der Waals surface area contributed by atoms with Gasteiger partial charge >= 0.3 is 0 Å². The SMILES string of the molecule is COc1cc(CC(C#N)=CCNc2ccccc2)c2c(c1OC)OC(CC1CC1)C=C2. The van der Waals surface area contributed by atoms with E-state index in [0.29, 0.717) is 35.8 Å². The molecule has 2 aromatic rings. The van der Waals surface area contributed by atoms with E-state index >= 15 is 0 Å². The molecule has 0 aromatic heterocycles. The first kappa shape index (κ1) is 20.9. The summed E-state index contributed by atoms with van der Waals surface area (Å²) < 4.78 is 17.5. The summed E-state index contributed by atoms with van der Waals surface area (Å²) in [5.41, 5.74) is 3.66. The van der Waals surface area contributed by atoms with Crippen LogP contribution in [0.2, 0.25) is 0 Å². The Hall–Kier alpha value is -3.39. The Balaban J connectivity index is 1.57. The van der Waals surface area contributed by atoms with Gasteiger partial charge in [-0.25, -0.2) is 0 Å². The predicted octanol–water partition coefficient (Wildman–Crippen LogP) is 5.38. The Labute approximate surface area is 183 Å². The topological polar surface area (TPSA) is 63.5 Å². The highest BCUT2D eigenvalue weighted by Gasteiger charge is 2.30. The Morgan fingerprint density at radius 3 is 2.71 bits per heavy atom. The van der Waals surface area contributed by atoms with Crippen LogP contribution in [-0.4, -0.2) is 26.9 Å². The second-order valence-electron chi connectivity index (χ2n) is 7.97. The van der Waals surface area contributed by atoms with E-state index in [0.717, 1.165) is 29.2 Å². The van der Waals surface area contributed by atoms with Crippen LogP contribution in [0.15, 0.2) is 54.1 Å². The third kappa shape index (κ3) is 5.03. The molecule has 5 nitrogen and oxygen atoms in total. The van der Waals surface area contributed by atoms with E-state index in [2.05, 4.69) is 23.5 Å². The number of nitrogens with one attached hydrogen (secondary N) is 1. The molecule has 1 aliphatic carbocycles. The van der Waals surface area contributed by atoms with Gasteiger partial charge in [0.05, 0.1) is 20.3 Å². The predicted molar refractivity (Wildman–Crippen MR) is 123 cm³/mol. The standard InChI is InChI=1S/C26H28N2O3/c1-29-24-16-20(14-19(17-27)12-13-28-21-6-4-3-5-7-21)23-11-10-22(15-18-8-9-18)31-25(23)26(24)30-2/h3-7,10-12,16,18,22,28H,8-9,13-15H2,1-2H3. The average Bonchev–Trinajstić information content (AvgIpc) is 3.62. The van der Waals surface area contributed by atoms with Crippen LogP contribution in [-0.2, 0) is 6.42 Å². The van der Waals surface area contributed by atoms with Gasteiger partial charge in [0.15, 0.2) is 11.5 Å². The maximum absolute atomic E-state index is 9.71. The Bertz CT molecular complexity index is 1020. The molecule has 1 N–H and O–H groups in total. The van der Waals surface area contributed by atoms with Crippen LogP contribution in [0.1, 0.15) is 30.4 Å². The normalized spacial score (nSPS) is 17.3. The summed E-state index contributed by atoms with van der Waals surface area (Å²) >= 11 is 0. The van der Waals surface area contributed by atoms with E-state index in [1.54, 1.807) is 14.2 Å². The molecule has 1 saturated carbocycles. The van der Waals surface area contributed by atoms with Crippen LogP contribution in [0.5, 0.6) is 17.2 Å². The number of allylic oxidation sites excluding steroid dienone is 1. The number of fused-ring (bicyclic) bond motifs is 1. The van der Waals surface area contributed by atoms with Crippen LogP contribution >= 0.6 is 0 Å². The van der Waals surface area contributed by atoms with Crippen molar-refractivity contribution in [1.29, 1.82) is 5.26 Å². The van der Waals surface area contributed by atoms with Crippen LogP contribution in [0, 0.1) is 17.2 Å². The Kier molecular flexibility index (Phi) is 6.47. The van der Waals surface area contributed by atoms with E-state index in [4.69, 9.17) is 14.2 Å². The van der Waals surface area contributed by atoms with Crippen molar-refractivity contribution in [2.45, 2.75) is 31.8 Å². The minimum atomic E-state index is 0.0508. The number of benzene rings is 2. The summed E-state index contributed by atoms with van der Waals surface area (Å²) in [5.74, 6) is 2.71. The van der Waals surface area contributed by atoms with Crippen molar-refractivity contribution in [3.63, 3.8) is 0 Å². The molecule has 0 radical (unpaired) electrons. The molecule has 2 aromatic carbocycles. The van der Waals surface area contributed by atoms with Gasteiger partial charge < -0.3 is 19.5 Å². The van der Waals surface area contributed by atoms with Crippen LogP contribution in [0.4, 0.5) is 5.69 Å². The average molecular weight is 417 g/mol. The molecule has 1 unspecified atom stereocenters. The number of hydrogen-bond acceptors (Lipinski definition) is 5. The number of ether oxygens (including phenoxy) is 3. The van der Waals surface area contributed by atoms with E-state index in [9.17, 15) is 5.26 Å². The summed E-state index contributed by atoms with van der Waals surface area (Å²) in [5, 5.41) is 13.0. The van der Waals surface area contributed by atoms with E-state index in [1.165, 1.54) is 12.8 Å². The second-order valence-corrected chi connectivity index (χ2v) is 7.97. The smallest absolute Gasteiger partial charge is 0.203 e. The van der Waals surface area contributed by atoms with Gasteiger partial charge in [-0.15, -0.1) is 0 Å². The molecule has 0 amide bonds. The highest BCUT2D eigenvalue weighted by atomic mass is 16.5. The second kappa shape index (κ2) is 9.61. The van der Waals surface area contributed by atoms with Gasteiger partial charge in [0, 0.05) is 29.8 Å². The molecule has 0 bridgehead atoms. The molecule has 1 atom stereocenters. The van der Waals surface area contributed by atoms with E-state index in [1.807, 2.05) is 42.5 Å². The van der Waals surface area contributed by atoms with Gasteiger partial charge in [0.1, 0.15) is 6.10 Å². The summed E-state index contributed by atoms with van der Waals surface area (Å²) in [4.78, 5) is 0. The largest absolute Gasteiger partial charge is 0.493 e. The molecule has 160 valence electrons. The molecule has 0 spiro atoms. The van der Waals surface area contributed by atoms with Gasteiger partial charge in [-0.3, -0.25) is 0 Å². The highest BCUT2D eigenvalue weighted by molar-refractivity contribution is 5.72. The lowest BCUT2D eigenvalue weighted by molar-refractivity contribution is 0.213. The number of nitriles is 1. The van der Waals surface area contributed by atoms with E-state index in [-0.39, 0.29) is 6.10 Å². The minimum absolute atomic E-state index is 0.0508. The first-order valence-electron chi connectivity index (χ1n) is 10.7. The van der Waals surface area contributed by atoms with Crippen molar-refractivity contribution < 1.29 is 14.2 Å². The molecule has 1 heterocycles. The number of anilines is 1. The Morgan fingerprint density at radius 1 is 1.23 bits per heavy atom. The molecule has 2 aliphatic rings. The monoisotopic (exact) mass is 416 g/mol. The molecule has 5 heteroatoms. The first-order valence-corrected chi connectivity index (χ1v) is 10.7. The van der Waals surface area contributed by atoms with Crippen LogP contribution in [0.25, 0.3) is 6.08 Å². The van der Waals surface area contributed by atoms with Crippen LogP contribution in [0.3, 0.4) is 0 Å². The van der Waals surface area contributed by atoms with Crippen molar-refractivity contribution >= 4 is 11.8 Å². The third-order valence-electron chi connectivity index (χ3n) is 5.71. The minimum Gasteiger partial charge on any atom is -0.493 e. The molecular formula is C26H28N2O3. The number of hydrogen-bond donors (Lipinski definition) is 1. The zero-order valence-electron chi connectivity index (χ0n) is 18.1. The zero-order valence-corrected chi connectivity index (χ0v) is 18.1. The number of rotatable bonds is 9. The molecule has 31 heavy (non-hydrogen) atoms. The van der Waals surface area contributed by atoms with Gasteiger partial charge in [0.25, 0.3) is 0 Å². The lowest BCUT2D eigenvalue weighted by atomic mass is 9.95. The quantitative estimate of drug-likeness (QED) is 0.556. The molecule has 0 saturated heterocycles. The maximum Gasteiger partial charge on any atom is 0.203 e. The van der Waals surface area contributed by atoms with Gasteiger partial charge in [-0.05, 0) is 42.2 Å². The third-order valence-corrected chi connectivity index (χ3v) is 5.71. The maximum atomic E-state index is 9.71. The fourth-order valence-electron chi connectivity index (χ4n) is 3.89. The summed E-state index contributed by atoms with van der Waals surface area (Å²) in [6.07, 6.45) is 10.3. The summed E-state index contributed by atoms with van der Waals surface area (Å²) in [7, 11) is 3.25. The zero-order chi connectivity index (χ0) is 21.6. The summed E-state index contributed by atoms with van der Waals surface area (Å²) in [6, 6.07) is 14.2. The van der Waals surface area contributed by atoms with Crippen molar-refractivity contribution in [3.05, 3.63) is 65.3 Å². The fourth-order valence-corrected chi connectivity index (χ4v) is 3.89. The van der Waals surface area contributed by atoms with Gasteiger partial charge in [-0.2, -0.15) is 5.26 Å². The number of methoxy groups -OCH3 is 2. The van der Waals surface area contributed by atoms with Crippen molar-refractivity contribution in [3.8, 4) is 23.3 Å².